The van der Waals surface area contributed by atoms with Gasteiger partial charge in [-0.2, -0.15) is 5.10 Å². The van der Waals surface area contributed by atoms with Gasteiger partial charge in [-0.15, -0.1) is 0 Å². The van der Waals surface area contributed by atoms with Crippen molar-refractivity contribution >= 4 is 5.71 Å². The lowest BCUT2D eigenvalue weighted by Gasteiger charge is -2.52. The Kier molecular flexibility index (Phi) is 4.43. The van der Waals surface area contributed by atoms with Gasteiger partial charge < -0.3 is 18.9 Å². The fourth-order valence-electron chi connectivity index (χ4n) is 4.96. The second kappa shape index (κ2) is 6.91. The number of fused-ring (bicyclic) bond motifs is 4. The number of hydrogen-bond acceptors (Lipinski definition) is 6. The number of rotatable bonds is 3. The molecule has 6 nitrogen and oxygen atoms in total. The van der Waals surface area contributed by atoms with E-state index in [2.05, 4.69) is 37.1 Å². The van der Waals surface area contributed by atoms with Crippen LogP contribution in [0.25, 0.3) is 0 Å². The van der Waals surface area contributed by atoms with Crippen molar-refractivity contribution in [3.05, 3.63) is 53.6 Å². The minimum atomic E-state index is -0.553. The zero-order valence-electron chi connectivity index (χ0n) is 18.0. The van der Waals surface area contributed by atoms with Crippen LogP contribution in [0.2, 0.25) is 0 Å². The summed E-state index contributed by atoms with van der Waals surface area (Å²) >= 11 is 0. The van der Waals surface area contributed by atoms with E-state index in [1.807, 2.05) is 24.3 Å². The molecule has 0 aromatic heterocycles. The van der Waals surface area contributed by atoms with Crippen LogP contribution < -0.4 is 14.2 Å². The summed E-state index contributed by atoms with van der Waals surface area (Å²) in [4.78, 5) is 0. The number of methoxy groups -OCH3 is 2. The van der Waals surface area contributed by atoms with E-state index in [4.69, 9.17) is 24.0 Å². The van der Waals surface area contributed by atoms with E-state index in [1.165, 1.54) is 0 Å². The first-order valence-electron chi connectivity index (χ1n) is 10.5. The van der Waals surface area contributed by atoms with Crippen LogP contribution in [-0.4, -0.2) is 42.9 Å². The topological polar surface area (TPSA) is 52.5 Å². The highest BCUT2D eigenvalue weighted by Crippen LogP contribution is 2.54. The third-order valence-electron chi connectivity index (χ3n) is 6.32. The Balaban J connectivity index is 1.60. The fourth-order valence-corrected chi connectivity index (χ4v) is 4.96. The van der Waals surface area contributed by atoms with Gasteiger partial charge in [-0.1, -0.05) is 12.1 Å². The molecule has 0 radical (unpaired) electrons. The molecule has 0 aliphatic carbocycles. The molecular formula is C24H28N2O4. The summed E-state index contributed by atoms with van der Waals surface area (Å²) in [6.45, 7) is 4.87. The van der Waals surface area contributed by atoms with Crippen LogP contribution in [0.1, 0.15) is 50.3 Å². The summed E-state index contributed by atoms with van der Waals surface area (Å²) in [7, 11) is 3.38. The SMILES string of the molecule is COc1ccc(C2=NN3[C@H](C2)c2cccc(OC)c2O[C@]32CCOC(C)(C)C2)cc1. The third-order valence-corrected chi connectivity index (χ3v) is 6.32. The van der Waals surface area contributed by atoms with E-state index in [-0.39, 0.29) is 11.6 Å². The summed E-state index contributed by atoms with van der Waals surface area (Å²) in [6, 6.07) is 14.3. The molecule has 1 spiro atoms. The lowest BCUT2D eigenvalue weighted by atomic mass is 9.86. The first kappa shape index (κ1) is 19.2. The molecule has 2 aromatic carbocycles. The van der Waals surface area contributed by atoms with Gasteiger partial charge in [0.25, 0.3) is 0 Å². The van der Waals surface area contributed by atoms with Crippen LogP contribution >= 0.6 is 0 Å². The summed E-state index contributed by atoms with van der Waals surface area (Å²) in [5.74, 6) is 2.45. The highest BCUT2D eigenvalue weighted by atomic mass is 16.6. The highest BCUT2D eigenvalue weighted by Gasteiger charge is 2.55. The van der Waals surface area contributed by atoms with Crippen molar-refractivity contribution in [2.45, 2.75) is 50.5 Å². The molecule has 0 amide bonds. The zero-order valence-corrected chi connectivity index (χ0v) is 18.0. The molecule has 1 saturated heterocycles. The molecule has 5 rings (SSSR count). The molecule has 30 heavy (non-hydrogen) atoms. The first-order valence-corrected chi connectivity index (χ1v) is 10.5. The molecule has 2 atom stereocenters. The van der Waals surface area contributed by atoms with Crippen LogP contribution in [0.5, 0.6) is 17.2 Å². The standard InChI is InChI=1S/C24H28N2O4/c1-23(2)15-24(12-13-29-23)26-20(18-6-5-7-21(28-4)22(18)30-24)14-19(25-26)16-8-10-17(27-3)11-9-16/h5-11,20H,12-15H2,1-4H3/t20-,24+/m1/s1. The summed E-state index contributed by atoms with van der Waals surface area (Å²) in [5, 5.41) is 7.31. The number of para-hydroxylation sites is 1. The van der Waals surface area contributed by atoms with E-state index in [1.54, 1.807) is 14.2 Å². The van der Waals surface area contributed by atoms with Gasteiger partial charge in [0.15, 0.2) is 11.5 Å². The number of hydrazone groups is 1. The molecule has 0 N–H and O–H groups in total. The van der Waals surface area contributed by atoms with Gasteiger partial charge in [0.05, 0.1) is 38.2 Å². The van der Waals surface area contributed by atoms with Crippen molar-refractivity contribution in [2.24, 2.45) is 5.10 Å². The van der Waals surface area contributed by atoms with E-state index in [9.17, 15) is 0 Å². The number of ether oxygens (including phenoxy) is 4. The number of hydrogen-bond donors (Lipinski definition) is 0. The van der Waals surface area contributed by atoms with Crippen molar-refractivity contribution in [3.63, 3.8) is 0 Å². The smallest absolute Gasteiger partial charge is 0.203 e. The van der Waals surface area contributed by atoms with Gasteiger partial charge in [0.2, 0.25) is 5.72 Å². The molecule has 0 saturated carbocycles. The second-order valence-corrected chi connectivity index (χ2v) is 8.80. The molecule has 3 aliphatic heterocycles. The van der Waals surface area contributed by atoms with Gasteiger partial charge in [0, 0.05) is 24.8 Å². The van der Waals surface area contributed by atoms with Gasteiger partial charge in [-0.25, -0.2) is 5.01 Å². The van der Waals surface area contributed by atoms with Crippen LogP contribution in [0, 0.1) is 0 Å². The Labute approximate surface area is 177 Å². The van der Waals surface area contributed by atoms with Gasteiger partial charge >= 0.3 is 0 Å². The Hall–Kier alpha value is -2.73. The van der Waals surface area contributed by atoms with E-state index >= 15 is 0 Å². The average Bonchev–Trinajstić information content (AvgIpc) is 3.20. The number of nitrogens with zero attached hydrogens (tertiary/aromatic N) is 2. The quantitative estimate of drug-likeness (QED) is 0.747. The Bertz CT molecular complexity index is 985. The normalized spacial score (nSPS) is 26.5. The maximum absolute atomic E-state index is 6.75. The summed E-state index contributed by atoms with van der Waals surface area (Å²) in [5.41, 5.74) is 2.45. The van der Waals surface area contributed by atoms with Gasteiger partial charge in [-0.3, -0.25) is 0 Å². The molecule has 1 fully saturated rings. The Morgan fingerprint density at radius 2 is 1.87 bits per heavy atom. The Morgan fingerprint density at radius 1 is 1.07 bits per heavy atom. The highest BCUT2D eigenvalue weighted by molar-refractivity contribution is 6.02. The predicted octanol–water partition coefficient (Wildman–Crippen LogP) is 4.53. The predicted molar refractivity (Wildman–Crippen MR) is 114 cm³/mol. The number of benzene rings is 2. The van der Waals surface area contributed by atoms with Gasteiger partial charge in [0.1, 0.15) is 5.75 Å². The third kappa shape index (κ3) is 3.01. The van der Waals surface area contributed by atoms with Crippen LogP contribution in [0.4, 0.5) is 0 Å². The molecule has 3 aliphatic rings. The van der Waals surface area contributed by atoms with Gasteiger partial charge in [-0.05, 0) is 49.7 Å². The summed E-state index contributed by atoms with van der Waals surface area (Å²) in [6.07, 6.45) is 2.30. The van der Waals surface area contributed by atoms with Crippen molar-refractivity contribution < 1.29 is 18.9 Å². The van der Waals surface area contributed by atoms with E-state index in [0.29, 0.717) is 6.61 Å². The first-order chi connectivity index (χ1) is 14.4. The van der Waals surface area contributed by atoms with E-state index < -0.39 is 5.72 Å². The van der Waals surface area contributed by atoms with Crippen molar-refractivity contribution in [3.8, 4) is 17.2 Å². The molecule has 0 bridgehead atoms. The molecular weight excluding hydrogens is 380 g/mol. The molecule has 158 valence electrons. The van der Waals surface area contributed by atoms with Crippen molar-refractivity contribution in [2.75, 3.05) is 20.8 Å². The maximum Gasteiger partial charge on any atom is 0.203 e. The average molecular weight is 408 g/mol. The minimum absolute atomic E-state index is 0.106. The largest absolute Gasteiger partial charge is 0.497 e. The van der Waals surface area contributed by atoms with Crippen molar-refractivity contribution in [1.82, 2.24) is 5.01 Å². The molecule has 3 heterocycles. The molecule has 2 aromatic rings. The van der Waals surface area contributed by atoms with Crippen LogP contribution in [0.15, 0.2) is 47.6 Å². The monoisotopic (exact) mass is 408 g/mol. The molecule has 0 unspecified atom stereocenters. The fraction of sp³-hybridized carbons (Fsp3) is 0.458. The maximum atomic E-state index is 6.75. The van der Waals surface area contributed by atoms with Crippen LogP contribution in [-0.2, 0) is 4.74 Å². The van der Waals surface area contributed by atoms with Crippen LogP contribution in [0.3, 0.4) is 0 Å². The lowest BCUT2D eigenvalue weighted by molar-refractivity contribution is -0.212. The molecule has 6 heteroatoms. The minimum Gasteiger partial charge on any atom is -0.497 e. The van der Waals surface area contributed by atoms with Crippen molar-refractivity contribution in [1.29, 1.82) is 0 Å². The Morgan fingerprint density at radius 3 is 2.57 bits per heavy atom. The zero-order chi connectivity index (χ0) is 20.9. The summed E-state index contributed by atoms with van der Waals surface area (Å²) < 4.78 is 23.7. The van der Waals surface area contributed by atoms with E-state index in [0.717, 1.165) is 53.3 Å². The lowest BCUT2D eigenvalue weighted by Crippen LogP contribution is -2.60. The second-order valence-electron chi connectivity index (χ2n) is 8.80.